The Kier molecular flexibility index (Phi) is 5.19. The molecule has 0 unspecified atom stereocenters. The first-order valence-corrected chi connectivity index (χ1v) is 10.1. The molecule has 1 aliphatic rings. The molecule has 0 radical (unpaired) electrons. The van der Waals surface area contributed by atoms with Crippen LogP contribution in [0.3, 0.4) is 0 Å². The van der Waals surface area contributed by atoms with Crippen LogP contribution >= 0.6 is 11.3 Å². The Morgan fingerprint density at radius 1 is 1.33 bits per heavy atom. The predicted molar refractivity (Wildman–Crippen MR) is 93.0 cm³/mol. The van der Waals surface area contributed by atoms with Crippen molar-refractivity contribution in [3.63, 3.8) is 0 Å². The Labute approximate surface area is 146 Å². The first-order chi connectivity index (χ1) is 11.5. The lowest BCUT2D eigenvalue weighted by atomic mass is 10.2. The molecule has 0 aliphatic carbocycles. The Hall–Kier alpha value is -1.48. The summed E-state index contributed by atoms with van der Waals surface area (Å²) < 4.78 is 38.4. The molecule has 0 spiro atoms. The van der Waals surface area contributed by atoms with Gasteiger partial charge in [0.25, 0.3) is 0 Å². The maximum atomic E-state index is 13.0. The molecule has 130 valence electrons. The van der Waals surface area contributed by atoms with Gasteiger partial charge in [-0.3, -0.25) is 0 Å². The van der Waals surface area contributed by atoms with Crippen molar-refractivity contribution in [1.29, 1.82) is 0 Å². The van der Waals surface area contributed by atoms with Gasteiger partial charge in [0.1, 0.15) is 10.6 Å². The summed E-state index contributed by atoms with van der Waals surface area (Å²) in [6.45, 7) is 5.70. The first-order valence-electron chi connectivity index (χ1n) is 7.79. The molecule has 0 saturated carbocycles. The van der Waals surface area contributed by atoms with E-state index < -0.39 is 10.0 Å². The van der Waals surface area contributed by atoms with Crippen molar-refractivity contribution in [2.75, 3.05) is 32.9 Å². The number of hydrogen-bond acceptors (Lipinski definition) is 6. The molecule has 2 aromatic rings. The van der Waals surface area contributed by atoms with Crippen LogP contribution in [0.4, 0.5) is 0 Å². The van der Waals surface area contributed by atoms with Crippen LogP contribution in [0.15, 0.2) is 28.5 Å². The highest BCUT2D eigenvalue weighted by molar-refractivity contribution is 7.89. The highest BCUT2D eigenvalue weighted by Crippen LogP contribution is 2.32. The summed E-state index contributed by atoms with van der Waals surface area (Å²) in [5, 5.41) is 2.87. The minimum Gasteiger partial charge on any atom is -0.492 e. The van der Waals surface area contributed by atoms with E-state index in [-0.39, 0.29) is 4.90 Å². The largest absolute Gasteiger partial charge is 0.492 e. The number of ether oxygens (including phenoxy) is 2. The van der Waals surface area contributed by atoms with Crippen molar-refractivity contribution in [1.82, 2.24) is 9.29 Å². The molecule has 2 heterocycles. The van der Waals surface area contributed by atoms with Crippen LogP contribution in [-0.2, 0) is 14.8 Å². The van der Waals surface area contributed by atoms with Gasteiger partial charge in [0.15, 0.2) is 0 Å². The Morgan fingerprint density at radius 2 is 2.08 bits per heavy atom. The zero-order valence-corrected chi connectivity index (χ0v) is 15.3. The zero-order valence-electron chi connectivity index (χ0n) is 13.7. The molecule has 6 nitrogen and oxygen atoms in total. The molecule has 3 rings (SSSR count). The molecule has 1 aromatic heterocycles. The molecule has 0 N–H and O–H groups in total. The number of rotatable bonds is 5. The average molecular weight is 368 g/mol. The van der Waals surface area contributed by atoms with Gasteiger partial charge in [-0.15, -0.1) is 11.3 Å². The lowest BCUT2D eigenvalue weighted by Crippen LogP contribution is -2.40. The van der Waals surface area contributed by atoms with Crippen molar-refractivity contribution in [3.8, 4) is 17.0 Å². The molecular formula is C16H20N2O4S2. The molecule has 8 heteroatoms. The van der Waals surface area contributed by atoms with E-state index >= 15 is 0 Å². The second-order valence-corrected chi connectivity index (χ2v) is 8.33. The number of thiazole rings is 1. The number of benzene rings is 1. The Bertz CT molecular complexity index is 811. The molecule has 0 bridgehead atoms. The summed E-state index contributed by atoms with van der Waals surface area (Å²) >= 11 is 1.54. The molecule has 0 atom stereocenters. The van der Waals surface area contributed by atoms with Crippen LogP contribution in [-0.4, -0.2) is 50.6 Å². The monoisotopic (exact) mass is 368 g/mol. The standard InChI is InChI=1S/C16H20N2O4S2/c1-3-22-15-5-4-13(14-11-23-12(2)17-14)10-16(15)24(19,20)18-6-8-21-9-7-18/h4-5,10-11H,3,6-9H2,1-2H3. The second-order valence-electron chi connectivity index (χ2n) is 5.36. The van der Waals surface area contributed by atoms with Crippen molar-refractivity contribution < 1.29 is 17.9 Å². The van der Waals surface area contributed by atoms with Gasteiger partial charge >= 0.3 is 0 Å². The van der Waals surface area contributed by atoms with Crippen molar-refractivity contribution in [3.05, 3.63) is 28.6 Å². The topological polar surface area (TPSA) is 68.7 Å². The van der Waals surface area contributed by atoms with Crippen molar-refractivity contribution >= 4 is 21.4 Å². The van der Waals surface area contributed by atoms with Gasteiger partial charge in [-0.2, -0.15) is 4.31 Å². The van der Waals surface area contributed by atoms with Crippen molar-refractivity contribution in [2.24, 2.45) is 0 Å². The normalized spacial score (nSPS) is 16.2. The maximum Gasteiger partial charge on any atom is 0.246 e. The third kappa shape index (κ3) is 3.46. The van der Waals surface area contributed by atoms with E-state index in [4.69, 9.17) is 9.47 Å². The number of sulfonamides is 1. The van der Waals surface area contributed by atoms with Crippen molar-refractivity contribution in [2.45, 2.75) is 18.7 Å². The van der Waals surface area contributed by atoms with Crippen LogP contribution in [0.25, 0.3) is 11.3 Å². The fourth-order valence-electron chi connectivity index (χ4n) is 2.57. The lowest BCUT2D eigenvalue weighted by molar-refractivity contribution is 0.0729. The first kappa shape index (κ1) is 17.3. The van der Waals surface area contributed by atoms with E-state index in [0.717, 1.165) is 16.3 Å². The number of morpholine rings is 1. The minimum atomic E-state index is -3.63. The van der Waals surface area contributed by atoms with Crippen LogP contribution in [0.1, 0.15) is 11.9 Å². The fourth-order valence-corrected chi connectivity index (χ4v) is 4.75. The second kappa shape index (κ2) is 7.18. The number of hydrogen-bond donors (Lipinski definition) is 0. The van der Waals surface area contributed by atoms with Crippen LogP contribution < -0.4 is 4.74 Å². The van der Waals surface area contributed by atoms with Crippen LogP contribution in [0.5, 0.6) is 5.75 Å². The van der Waals surface area contributed by atoms with Gasteiger partial charge in [-0.1, -0.05) is 0 Å². The summed E-state index contributed by atoms with van der Waals surface area (Å²) in [5.74, 6) is 0.375. The zero-order chi connectivity index (χ0) is 17.2. The Morgan fingerprint density at radius 3 is 2.71 bits per heavy atom. The van der Waals surface area contributed by atoms with Gasteiger partial charge in [0.2, 0.25) is 10.0 Å². The van der Waals surface area contributed by atoms with E-state index in [9.17, 15) is 8.42 Å². The van der Waals surface area contributed by atoms with Crippen LogP contribution in [0, 0.1) is 6.92 Å². The van der Waals surface area contributed by atoms with Gasteiger partial charge in [-0.25, -0.2) is 13.4 Å². The summed E-state index contributed by atoms with van der Waals surface area (Å²) in [7, 11) is -3.63. The van der Waals surface area contributed by atoms with E-state index in [1.807, 2.05) is 25.3 Å². The molecular weight excluding hydrogens is 348 g/mol. The summed E-state index contributed by atoms with van der Waals surface area (Å²) in [6, 6.07) is 5.21. The average Bonchev–Trinajstić information content (AvgIpc) is 3.02. The van der Waals surface area contributed by atoms with Crippen LogP contribution in [0.2, 0.25) is 0 Å². The molecule has 1 aliphatic heterocycles. The molecule has 0 amide bonds. The summed E-state index contributed by atoms with van der Waals surface area (Å²) in [5.41, 5.74) is 1.55. The molecule has 1 saturated heterocycles. The maximum absolute atomic E-state index is 13.0. The van der Waals surface area contributed by atoms with E-state index in [2.05, 4.69) is 4.98 Å². The van der Waals surface area contributed by atoms with Gasteiger partial charge in [0, 0.05) is 24.0 Å². The third-order valence-corrected chi connectivity index (χ3v) is 6.44. The van der Waals surface area contributed by atoms with E-state index in [1.54, 1.807) is 12.1 Å². The van der Waals surface area contributed by atoms with Gasteiger partial charge < -0.3 is 9.47 Å². The quantitative estimate of drug-likeness (QED) is 0.811. The Balaban J connectivity index is 2.05. The van der Waals surface area contributed by atoms with Gasteiger partial charge in [0.05, 0.1) is 30.5 Å². The number of nitrogens with zero attached hydrogens (tertiary/aromatic N) is 2. The predicted octanol–water partition coefficient (Wildman–Crippen LogP) is 2.54. The fraction of sp³-hybridized carbons (Fsp3) is 0.438. The van der Waals surface area contributed by atoms with E-state index in [0.29, 0.717) is 38.7 Å². The molecule has 1 fully saturated rings. The summed E-state index contributed by atoms with van der Waals surface area (Å²) in [4.78, 5) is 4.63. The van der Waals surface area contributed by atoms with Gasteiger partial charge in [-0.05, 0) is 32.0 Å². The minimum absolute atomic E-state index is 0.189. The highest BCUT2D eigenvalue weighted by Gasteiger charge is 2.29. The SMILES string of the molecule is CCOc1ccc(-c2csc(C)n2)cc1S(=O)(=O)N1CCOCC1. The highest BCUT2D eigenvalue weighted by atomic mass is 32.2. The smallest absolute Gasteiger partial charge is 0.246 e. The van der Waals surface area contributed by atoms with E-state index in [1.165, 1.54) is 15.6 Å². The number of aryl methyl sites for hydroxylation is 1. The summed E-state index contributed by atoms with van der Waals surface area (Å²) in [6.07, 6.45) is 0. The lowest BCUT2D eigenvalue weighted by Gasteiger charge is -2.27. The molecule has 24 heavy (non-hydrogen) atoms. The third-order valence-electron chi connectivity index (χ3n) is 3.75. The number of aromatic nitrogens is 1. The molecule has 1 aromatic carbocycles.